The van der Waals surface area contributed by atoms with Gasteiger partial charge in [0, 0.05) is 0 Å². The molecule has 0 aliphatic carbocycles. The van der Waals surface area contributed by atoms with Crippen LogP contribution >= 0.6 is 0 Å². The van der Waals surface area contributed by atoms with Crippen LogP contribution < -0.4 is 4.73 Å². The van der Waals surface area contributed by atoms with E-state index in [1.165, 1.54) is 13.8 Å². The summed E-state index contributed by atoms with van der Waals surface area (Å²) in [7, 11) is 0. The van der Waals surface area contributed by atoms with Crippen LogP contribution in [0.2, 0.25) is 0 Å². The molecule has 76 valence electrons. The van der Waals surface area contributed by atoms with E-state index in [1.54, 1.807) is 0 Å². The molecule has 1 N–H and O–H groups in total. The average Bonchev–Trinajstić information content (AvgIpc) is 2.02. The third-order valence-electron chi connectivity index (χ3n) is 2.07. The molecule has 0 spiro atoms. The van der Waals surface area contributed by atoms with E-state index in [1.807, 2.05) is 0 Å². The maximum absolute atomic E-state index is 11.2. The third kappa shape index (κ3) is 1.51. The molecular formula is C8H10N2O4. The van der Waals surface area contributed by atoms with E-state index in [0.717, 1.165) is 6.20 Å². The van der Waals surface area contributed by atoms with Gasteiger partial charge in [0.2, 0.25) is 5.69 Å². The summed E-state index contributed by atoms with van der Waals surface area (Å²) in [5.41, 5.74) is 0.413. The quantitative estimate of drug-likeness (QED) is 0.321. The van der Waals surface area contributed by atoms with Gasteiger partial charge in [0.1, 0.15) is 6.61 Å². The largest absolute Gasteiger partial charge is 0.618 e. The van der Waals surface area contributed by atoms with Gasteiger partial charge in [0.05, 0.1) is 16.1 Å². The maximum Gasteiger partial charge on any atom is 0.287 e. The summed E-state index contributed by atoms with van der Waals surface area (Å²) >= 11 is 0. The Morgan fingerprint density at radius 3 is 2.57 bits per heavy atom. The molecule has 1 heterocycles. The Labute approximate surface area is 80.2 Å². The van der Waals surface area contributed by atoms with E-state index in [0.29, 0.717) is 10.3 Å². The Bertz CT molecular complexity index is 389. The first-order chi connectivity index (χ1) is 6.49. The maximum atomic E-state index is 11.2. The summed E-state index contributed by atoms with van der Waals surface area (Å²) in [6.45, 7) is 2.43. The summed E-state index contributed by atoms with van der Waals surface area (Å²) in [4.78, 5) is 10.1. The fraction of sp³-hybridized carbons (Fsp3) is 0.375. The zero-order valence-corrected chi connectivity index (χ0v) is 7.85. The van der Waals surface area contributed by atoms with Crippen LogP contribution in [0.3, 0.4) is 0 Å². The summed E-state index contributed by atoms with van der Waals surface area (Å²) < 4.78 is 0.456. The van der Waals surface area contributed by atoms with Gasteiger partial charge in [-0.2, -0.15) is 4.73 Å². The number of nitro groups is 1. The highest BCUT2D eigenvalue weighted by molar-refractivity contribution is 5.45. The van der Waals surface area contributed by atoms with Gasteiger partial charge in [-0.05, 0) is 13.8 Å². The molecule has 0 saturated heterocycles. The number of pyridine rings is 1. The fourth-order valence-electron chi connectivity index (χ4n) is 1.38. The number of aromatic nitrogens is 1. The predicted octanol–water partition coefficient (Wildman–Crippen LogP) is 0.337. The fourth-order valence-corrected chi connectivity index (χ4v) is 1.38. The van der Waals surface area contributed by atoms with Crippen LogP contribution in [0.15, 0.2) is 6.20 Å². The van der Waals surface area contributed by atoms with E-state index in [-0.39, 0.29) is 16.9 Å². The van der Waals surface area contributed by atoms with Crippen molar-refractivity contribution in [3.05, 3.63) is 38.3 Å². The first kappa shape index (κ1) is 10.4. The zero-order valence-electron chi connectivity index (χ0n) is 7.85. The second-order valence-electron chi connectivity index (χ2n) is 2.97. The Morgan fingerprint density at radius 2 is 2.14 bits per heavy atom. The van der Waals surface area contributed by atoms with Crippen LogP contribution in [-0.2, 0) is 6.61 Å². The summed E-state index contributed by atoms with van der Waals surface area (Å²) in [5, 5.41) is 30.7. The zero-order chi connectivity index (χ0) is 10.9. The molecule has 0 aromatic carbocycles. The number of aryl methyl sites for hydroxylation is 1. The standard InChI is InChI=1S/C8H10N2O4/c1-5-3-9(12)7(4-11)6(2)8(5)10(13)14/h3,11H,4H2,1-2H3. The summed E-state index contributed by atoms with van der Waals surface area (Å²) in [6.07, 6.45) is 1.09. The van der Waals surface area contributed by atoms with Crippen molar-refractivity contribution < 1.29 is 14.8 Å². The van der Waals surface area contributed by atoms with Crippen LogP contribution in [0.4, 0.5) is 5.69 Å². The van der Waals surface area contributed by atoms with Gasteiger partial charge >= 0.3 is 0 Å². The molecule has 0 aliphatic rings. The van der Waals surface area contributed by atoms with E-state index >= 15 is 0 Å². The Hall–Kier alpha value is -1.69. The molecule has 0 bridgehead atoms. The van der Waals surface area contributed by atoms with Gasteiger partial charge in [-0.25, -0.2) is 0 Å². The lowest BCUT2D eigenvalue weighted by atomic mass is 10.1. The van der Waals surface area contributed by atoms with Crippen LogP contribution in [0.25, 0.3) is 0 Å². The third-order valence-corrected chi connectivity index (χ3v) is 2.07. The SMILES string of the molecule is Cc1c[n+]([O-])c(CO)c(C)c1[N+](=O)[O-]. The molecule has 6 heteroatoms. The first-order valence-electron chi connectivity index (χ1n) is 3.96. The van der Waals surface area contributed by atoms with Gasteiger partial charge in [0.15, 0.2) is 6.20 Å². The van der Waals surface area contributed by atoms with Gasteiger partial charge in [0.25, 0.3) is 5.69 Å². The van der Waals surface area contributed by atoms with Crippen molar-refractivity contribution in [2.24, 2.45) is 0 Å². The van der Waals surface area contributed by atoms with E-state index in [2.05, 4.69) is 0 Å². The van der Waals surface area contributed by atoms with Crippen molar-refractivity contribution in [3.8, 4) is 0 Å². The smallest absolute Gasteiger partial charge is 0.287 e. The minimum atomic E-state index is -0.552. The van der Waals surface area contributed by atoms with E-state index in [9.17, 15) is 15.3 Å². The molecule has 0 saturated carbocycles. The molecule has 0 atom stereocenters. The number of hydrogen-bond acceptors (Lipinski definition) is 4. The van der Waals surface area contributed by atoms with E-state index in [4.69, 9.17) is 5.11 Å². The molecule has 0 aliphatic heterocycles. The first-order valence-corrected chi connectivity index (χ1v) is 3.96. The number of rotatable bonds is 2. The molecule has 6 nitrogen and oxygen atoms in total. The number of aliphatic hydroxyl groups excluding tert-OH is 1. The molecule has 1 aromatic heterocycles. The predicted molar refractivity (Wildman–Crippen MR) is 47.5 cm³/mol. The minimum Gasteiger partial charge on any atom is -0.618 e. The molecular weight excluding hydrogens is 188 g/mol. The normalized spacial score (nSPS) is 10.2. The van der Waals surface area contributed by atoms with Crippen molar-refractivity contribution in [2.45, 2.75) is 20.5 Å². The Morgan fingerprint density at radius 1 is 1.57 bits per heavy atom. The summed E-state index contributed by atoms with van der Waals surface area (Å²) in [5.74, 6) is 0. The molecule has 14 heavy (non-hydrogen) atoms. The number of hydrogen-bond donors (Lipinski definition) is 1. The second-order valence-corrected chi connectivity index (χ2v) is 2.97. The lowest BCUT2D eigenvalue weighted by Gasteiger charge is -2.07. The average molecular weight is 198 g/mol. The number of aliphatic hydroxyl groups is 1. The monoisotopic (exact) mass is 198 g/mol. The van der Waals surface area contributed by atoms with Crippen molar-refractivity contribution in [1.82, 2.24) is 0 Å². The van der Waals surface area contributed by atoms with Gasteiger partial charge in [-0.15, -0.1) is 0 Å². The molecule has 1 aromatic rings. The van der Waals surface area contributed by atoms with Gasteiger partial charge in [-0.3, -0.25) is 10.1 Å². The highest BCUT2D eigenvalue weighted by atomic mass is 16.6. The topological polar surface area (TPSA) is 90.3 Å². The van der Waals surface area contributed by atoms with Gasteiger partial charge in [-0.1, -0.05) is 0 Å². The lowest BCUT2D eigenvalue weighted by molar-refractivity contribution is -0.617. The molecule has 0 amide bonds. The highest BCUT2D eigenvalue weighted by Crippen LogP contribution is 2.22. The molecule has 0 radical (unpaired) electrons. The Balaban J connectivity index is 3.52. The second kappa shape index (κ2) is 3.59. The van der Waals surface area contributed by atoms with E-state index < -0.39 is 11.5 Å². The number of nitrogens with zero attached hydrogens (tertiary/aromatic N) is 2. The van der Waals surface area contributed by atoms with Crippen molar-refractivity contribution in [1.29, 1.82) is 0 Å². The van der Waals surface area contributed by atoms with Crippen LogP contribution in [0, 0.1) is 29.2 Å². The minimum absolute atomic E-state index is 0.0160. The summed E-state index contributed by atoms with van der Waals surface area (Å²) in [6, 6.07) is 0. The highest BCUT2D eigenvalue weighted by Gasteiger charge is 2.24. The Kier molecular flexibility index (Phi) is 2.66. The van der Waals surface area contributed by atoms with Gasteiger partial charge < -0.3 is 10.3 Å². The van der Waals surface area contributed by atoms with Crippen LogP contribution in [-0.4, -0.2) is 10.0 Å². The van der Waals surface area contributed by atoms with Crippen molar-refractivity contribution in [2.75, 3.05) is 0 Å². The van der Waals surface area contributed by atoms with Crippen LogP contribution in [0.1, 0.15) is 16.8 Å². The molecule has 0 fully saturated rings. The van der Waals surface area contributed by atoms with Crippen molar-refractivity contribution >= 4 is 5.69 Å². The van der Waals surface area contributed by atoms with Crippen LogP contribution in [0.5, 0.6) is 0 Å². The van der Waals surface area contributed by atoms with Crippen molar-refractivity contribution in [3.63, 3.8) is 0 Å². The molecule has 1 rings (SSSR count). The lowest BCUT2D eigenvalue weighted by Crippen LogP contribution is -2.33. The molecule has 0 unspecified atom stereocenters.